The minimum atomic E-state index is -0.778. The van der Waals surface area contributed by atoms with Crippen LogP contribution in [0.25, 0.3) is 11.0 Å². The Labute approximate surface area is 201 Å². The number of nitrogens with two attached hydrogens (primary N) is 1. The highest BCUT2D eigenvalue weighted by Crippen LogP contribution is 2.27. The lowest BCUT2D eigenvalue weighted by atomic mass is 9.98. The van der Waals surface area contributed by atoms with Crippen molar-refractivity contribution in [3.05, 3.63) is 87.4 Å². The molecule has 1 heterocycles. The van der Waals surface area contributed by atoms with Crippen molar-refractivity contribution in [3.63, 3.8) is 0 Å². The molecule has 0 aliphatic heterocycles. The van der Waals surface area contributed by atoms with E-state index in [1.807, 2.05) is 59.2 Å². The van der Waals surface area contributed by atoms with Gasteiger partial charge in [-0.15, -0.1) is 0 Å². The first-order valence-electron chi connectivity index (χ1n) is 10.9. The summed E-state index contributed by atoms with van der Waals surface area (Å²) in [6, 6.07) is 20.0. The van der Waals surface area contributed by atoms with Crippen LogP contribution in [-0.2, 0) is 30.8 Å². The number of para-hydroxylation sites is 1. The molecule has 0 bridgehead atoms. The van der Waals surface area contributed by atoms with Gasteiger partial charge in [-0.1, -0.05) is 59.3 Å². The summed E-state index contributed by atoms with van der Waals surface area (Å²) < 4.78 is 9.15. The molecule has 0 aliphatic carbocycles. The molecule has 6 nitrogen and oxygen atoms in total. The van der Waals surface area contributed by atoms with Crippen molar-refractivity contribution in [2.24, 2.45) is 0 Å². The van der Waals surface area contributed by atoms with Crippen molar-refractivity contribution in [2.45, 2.75) is 39.3 Å². The number of ether oxygens (including phenoxy) is 1. The number of anilines is 1. The van der Waals surface area contributed by atoms with E-state index in [-0.39, 0.29) is 6.42 Å². The summed E-state index contributed by atoms with van der Waals surface area (Å²) in [4.78, 5) is 15.4. The first-order valence-corrected chi connectivity index (χ1v) is 11.7. The van der Waals surface area contributed by atoms with Crippen LogP contribution in [-0.4, -0.2) is 20.6 Å². The van der Waals surface area contributed by atoms with E-state index in [9.17, 15) is 4.79 Å². The number of benzene rings is 3. The molecule has 0 amide bonds. The Morgan fingerprint density at radius 2 is 1.91 bits per heavy atom. The largest absolute Gasteiger partial charge is 0.489 e. The lowest BCUT2D eigenvalue weighted by molar-refractivity contribution is -0.136. The first kappa shape index (κ1) is 22.9. The molecule has 0 radical (unpaired) electrons. The summed E-state index contributed by atoms with van der Waals surface area (Å²) >= 11 is 3.48. The lowest BCUT2D eigenvalue weighted by Gasteiger charge is -2.15. The topological polar surface area (TPSA) is 90.4 Å². The maximum atomic E-state index is 10.9. The number of halogens is 1. The number of imidazole rings is 1. The molecule has 0 fully saturated rings. The van der Waals surface area contributed by atoms with E-state index in [0.717, 1.165) is 49.9 Å². The van der Waals surface area contributed by atoms with Gasteiger partial charge in [0.1, 0.15) is 12.4 Å². The van der Waals surface area contributed by atoms with Crippen LogP contribution in [0.1, 0.15) is 35.6 Å². The van der Waals surface area contributed by atoms with Gasteiger partial charge in [-0.05, 0) is 53.8 Å². The van der Waals surface area contributed by atoms with E-state index in [0.29, 0.717) is 25.5 Å². The lowest BCUT2D eigenvalue weighted by Crippen LogP contribution is -2.07. The fourth-order valence-corrected chi connectivity index (χ4v) is 4.33. The molecular formula is C26H26BrN3O3. The van der Waals surface area contributed by atoms with E-state index < -0.39 is 5.97 Å². The number of carboxylic acid groups (broad SMARTS) is 1. The van der Waals surface area contributed by atoms with Gasteiger partial charge in [0.15, 0.2) is 0 Å². The highest BCUT2D eigenvalue weighted by molar-refractivity contribution is 9.10. The average Bonchev–Trinajstić information content (AvgIpc) is 3.11. The molecule has 0 atom stereocenters. The van der Waals surface area contributed by atoms with Crippen molar-refractivity contribution in [1.29, 1.82) is 0 Å². The smallest absolute Gasteiger partial charge is 0.303 e. The molecule has 3 aromatic carbocycles. The number of hydrogen-bond donors (Lipinski definition) is 2. The SMILES string of the molecule is CCc1cc(COc2ccccc2Cn2c(N)nc3cc(Br)ccc32)ccc1CCC(=O)O. The highest BCUT2D eigenvalue weighted by Gasteiger charge is 2.12. The Hall–Kier alpha value is -3.32. The fraction of sp³-hybridized carbons (Fsp3) is 0.231. The normalized spacial score (nSPS) is 11.1. The first-order chi connectivity index (χ1) is 15.9. The van der Waals surface area contributed by atoms with Gasteiger partial charge in [-0.3, -0.25) is 4.79 Å². The number of carbonyl (C=O) groups is 1. The number of aromatic nitrogens is 2. The Balaban J connectivity index is 1.52. The summed E-state index contributed by atoms with van der Waals surface area (Å²) in [5.74, 6) is 0.478. The van der Waals surface area contributed by atoms with E-state index in [2.05, 4.69) is 33.9 Å². The van der Waals surface area contributed by atoms with Crippen LogP contribution in [0.5, 0.6) is 5.75 Å². The Morgan fingerprint density at radius 1 is 1.09 bits per heavy atom. The Bertz CT molecular complexity index is 1300. The third kappa shape index (κ3) is 5.37. The van der Waals surface area contributed by atoms with Crippen molar-refractivity contribution in [2.75, 3.05) is 5.73 Å². The van der Waals surface area contributed by atoms with Crippen molar-refractivity contribution < 1.29 is 14.6 Å². The van der Waals surface area contributed by atoms with Gasteiger partial charge in [0.05, 0.1) is 17.6 Å². The minimum absolute atomic E-state index is 0.138. The van der Waals surface area contributed by atoms with E-state index >= 15 is 0 Å². The van der Waals surface area contributed by atoms with Gasteiger partial charge in [0, 0.05) is 16.5 Å². The molecule has 1 aromatic heterocycles. The second kappa shape index (κ2) is 10.1. The van der Waals surface area contributed by atoms with Gasteiger partial charge in [0.2, 0.25) is 5.95 Å². The third-order valence-electron chi connectivity index (χ3n) is 5.69. The molecule has 4 aromatic rings. The predicted octanol–water partition coefficient (Wildman–Crippen LogP) is 5.59. The van der Waals surface area contributed by atoms with E-state index in [1.54, 1.807) is 0 Å². The molecule has 7 heteroatoms. The third-order valence-corrected chi connectivity index (χ3v) is 6.19. The highest BCUT2D eigenvalue weighted by atomic mass is 79.9. The van der Waals surface area contributed by atoms with Crippen LogP contribution in [0.3, 0.4) is 0 Å². The monoisotopic (exact) mass is 507 g/mol. The minimum Gasteiger partial charge on any atom is -0.489 e. The number of nitrogen functional groups attached to an aromatic ring is 1. The molecular weight excluding hydrogens is 482 g/mol. The van der Waals surface area contributed by atoms with Gasteiger partial charge in [0.25, 0.3) is 0 Å². The number of carboxylic acids is 1. The predicted molar refractivity (Wildman–Crippen MR) is 133 cm³/mol. The van der Waals surface area contributed by atoms with E-state index in [1.165, 1.54) is 0 Å². The van der Waals surface area contributed by atoms with Gasteiger partial charge in [-0.2, -0.15) is 0 Å². The van der Waals surface area contributed by atoms with Crippen LogP contribution in [0, 0.1) is 0 Å². The maximum Gasteiger partial charge on any atom is 0.303 e. The number of rotatable bonds is 9. The number of nitrogens with zero attached hydrogens (tertiary/aromatic N) is 2. The van der Waals surface area contributed by atoms with Crippen molar-refractivity contribution >= 4 is 38.9 Å². The zero-order valence-corrected chi connectivity index (χ0v) is 20.0. The second-order valence-electron chi connectivity index (χ2n) is 7.94. The van der Waals surface area contributed by atoms with Crippen molar-refractivity contribution in [1.82, 2.24) is 9.55 Å². The molecule has 0 unspecified atom stereocenters. The Morgan fingerprint density at radius 3 is 2.70 bits per heavy atom. The van der Waals surface area contributed by atoms with Gasteiger partial charge in [-0.25, -0.2) is 4.98 Å². The number of hydrogen-bond acceptors (Lipinski definition) is 4. The van der Waals surface area contributed by atoms with E-state index in [4.69, 9.17) is 15.6 Å². The quantitative estimate of drug-likeness (QED) is 0.308. The van der Waals surface area contributed by atoms with Crippen LogP contribution >= 0.6 is 15.9 Å². The summed E-state index contributed by atoms with van der Waals surface area (Å²) in [6.45, 7) is 3.06. The van der Waals surface area contributed by atoms with Crippen molar-refractivity contribution in [3.8, 4) is 5.75 Å². The van der Waals surface area contributed by atoms with Crippen LogP contribution in [0.4, 0.5) is 5.95 Å². The zero-order valence-electron chi connectivity index (χ0n) is 18.4. The molecule has 33 heavy (non-hydrogen) atoms. The van der Waals surface area contributed by atoms with Crippen LogP contribution in [0.2, 0.25) is 0 Å². The molecule has 0 aliphatic rings. The Kier molecular flexibility index (Phi) is 6.99. The number of aryl methyl sites for hydroxylation is 2. The standard InChI is InChI=1S/C26H26BrN3O3/c1-2-18-13-17(7-8-19(18)9-12-25(31)32)16-33-24-6-4-3-5-20(24)15-30-23-11-10-21(27)14-22(23)29-26(30)28/h3-8,10-11,13-14H,2,9,12,15-16H2,1H3,(H2,28,29)(H,31,32). The average molecular weight is 508 g/mol. The molecule has 0 saturated heterocycles. The molecule has 0 spiro atoms. The number of aliphatic carboxylic acids is 1. The molecule has 4 rings (SSSR count). The molecule has 3 N–H and O–H groups in total. The van der Waals surface area contributed by atoms with Gasteiger partial charge >= 0.3 is 5.97 Å². The molecule has 0 saturated carbocycles. The summed E-state index contributed by atoms with van der Waals surface area (Å²) in [6.07, 6.45) is 1.53. The zero-order chi connectivity index (χ0) is 23.4. The maximum absolute atomic E-state index is 10.9. The summed E-state index contributed by atoms with van der Waals surface area (Å²) in [5.41, 5.74) is 12.3. The molecule has 170 valence electrons. The van der Waals surface area contributed by atoms with Crippen LogP contribution < -0.4 is 10.5 Å². The summed E-state index contributed by atoms with van der Waals surface area (Å²) in [7, 11) is 0. The van der Waals surface area contributed by atoms with Crippen LogP contribution in [0.15, 0.2) is 65.1 Å². The van der Waals surface area contributed by atoms with Gasteiger partial charge < -0.3 is 20.1 Å². The summed E-state index contributed by atoms with van der Waals surface area (Å²) in [5, 5.41) is 8.97. The number of fused-ring (bicyclic) bond motifs is 1. The fourth-order valence-electron chi connectivity index (χ4n) is 3.98. The second-order valence-corrected chi connectivity index (χ2v) is 8.85.